The van der Waals surface area contributed by atoms with Crippen LogP contribution in [0.25, 0.3) is 0 Å². The third kappa shape index (κ3) is 14.2. The van der Waals surface area contributed by atoms with Crippen LogP contribution < -0.4 is 4.74 Å². The number of carbonyl (C=O) groups excluding carboxylic acids is 3. The fourth-order valence-corrected chi connectivity index (χ4v) is 12.4. The zero-order valence-electron chi connectivity index (χ0n) is 37.2. The van der Waals surface area contributed by atoms with Crippen molar-refractivity contribution in [1.82, 2.24) is 4.98 Å². The number of allylic oxidation sites excluding steroid dienone is 2. The first-order valence-corrected chi connectivity index (χ1v) is 26.1. The number of terminal acetylenes is 2. The van der Waals surface area contributed by atoms with Gasteiger partial charge in [0.15, 0.2) is 5.75 Å². The molecule has 5 atom stereocenters. The van der Waals surface area contributed by atoms with E-state index in [0.29, 0.717) is 38.5 Å². The number of pyridine rings is 1. The molecule has 14 nitrogen and oxygen atoms in total. The molecule has 0 amide bonds. The van der Waals surface area contributed by atoms with Gasteiger partial charge in [0, 0.05) is 36.6 Å². The summed E-state index contributed by atoms with van der Waals surface area (Å²) in [6, 6.07) is 9.94. The molecule has 2 aromatic rings. The summed E-state index contributed by atoms with van der Waals surface area (Å²) in [7, 11) is -6.68. The third-order valence-corrected chi connectivity index (χ3v) is 16.7. The Morgan fingerprint density at radius 2 is 1.42 bits per heavy atom. The molecule has 1 aliphatic carbocycles. The zero-order chi connectivity index (χ0) is 47.3. The van der Waals surface area contributed by atoms with E-state index in [1.54, 1.807) is 6.92 Å². The van der Waals surface area contributed by atoms with Gasteiger partial charge in [-0.1, -0.05) is 42.5 Å². The predicted octanol–water partition coefficient (Wildman–Crippen LogP) is 5.07. The highest BCUT2D eigenvalue weighted by Crippen LogP contribution is 2.41. The quantitative estimate of drug-likeness (QED) is 0.0645. The minimum absolute atomic E-state index is 0.00350. The van der Waals surface area contributed by atoms with Crippen molar-refractivity contribution in [3.63, 3.8) is 0 Å². The molecule has 3 aliphatic rings. The molecule has 5 rings (SSSR count). The van der Waals surface area contributed by atoms with Gasteiger partial charge in [-0.05, 0) is 101 Å². The lowest BCUT2D eigenvalue weighted by atomic mass is 9.79. The summed E-state index contributed by atoms with van der Waals surface area (Å²) in [6.07, 6.45) is 18.7. The highest BCUT2D eigenvalue weighted by molar-refractivity contribution is 7.91. The van der Waals surface area contributed by atoms with Crippen LogP contribution in [0, 0.1) is 54.3 Å². The molecule has 2 saturated heterocycles. The lowest BCUT2D eigenvalue weighted by molar-refractivity contribution is -0.159. The van der Waals surface area contributed by atoms with Gasteiger partial charge in [0.2, 0.25) is 0 Å². The highest BCUT2D eigenvalue weighted by Gasteiger charge is 2.46. The lowest BCUT2D eigenvalue weighted by Crippen LogP contribution is -2.41. The number of aliphatic hydroxyl groups is 3. The van der Waals surface area contributed by atoms with Crippen LogP contribution in [0.2, 0.25) is 0 Å². The zero-order valence-corrected chi connectivity index (χ0v) is 38.8. The van der Waals surface area contributed by atoms with Crippen molar-refractivity contribution in [2.45, 2.75) is 135 Å². The Labute approximate surface area is 383 Å². The highest BCUT2D eigenvalue weighted by atomic mass is 32.2. The molecule has 0 bridgehead atoms. The number of hydrogen-bond donors (Lipinski definition) is 3. The fourth-order valence-electron chi connectivity index (χ4n) is 9.15. The van der Waals surface area contributed by atoms with Gasteiger partial charge in [0.1, 0.15) is 32.9 Å². The molecule has 65 heavy (non-hydrogen) atoms. The van der Waals surface area contributed by atoms with Crippen molar-refractivity contribution in [3.05, 3.63) is 71.1 Å². The number of carbonyl (C=O) groups is 3. The van der Waals surface area contributed by atoms with Crippen LogP contribution in [0.4, 0.5) is 0 Å². The van der Waals surface area contributed by atoms with Gasteiger partial charge < -0.3 is 29.5 Å². The molecule has 0 unspecified atom stereocenters. The second-order valence-corrected chi connectivity index (χ2v) is 22.6. The summed E-state index contributed by atoms with van der Waals surface area (Å²) in [6.45, 7) is 0.738. The molecular weight excluding hydrogens is 875 g/mol. The maximum atomic E-state index is 13.7. The monoisotopic (exact) mass is 937 g/mol. The Morgan fingerprint density at radius 3 is 2.00 bits per heavy atom. The van der Waals surface area contributed by atoms with E-state index in [0.717, 1.165) is 12.0 Å². The number of nitrogens with zero attached hydrogens (tertiary/aromatic N) is 1. The van der Waals surface area contributed by atoms with E-state index in [4.69, 9.17) is 27.1 Å². The molecular formula is C49H63NO13S2. The van der Waals surface area contributed by atoms with E-state index in [2.05, 4.69) is 16.8 Å². The van der Waals surface area contributed by atoms with E-state index in [1.165, 1.54) is 6.20 Å². The van der Waals surface area contributed by atoms with Crippen LogP contribution >= 0.6 is 0 Å². The van der Waals surface area contributed by atoms with Crippen LogP contribution in [0.15, 0.2) is 48.7 Å². The standard InChI is InChI=1S/C49H63NO13S2/c1-4-21-48(23-27-64(57,58)28-24-48)46(55)61-33-37-32-50-35(3)45(41(37)34-62-47(56)49(22-5-2)25-29-65(59,60)30-26-49)63-44(54)16-12-7-6-11-15-39-40(43(53)31-42(39)52)20-19-38(51)18-17-36-13-9-8-10-14-36/h1-2,6,8-11,13-14,32,38-40,42-43,51-53H,7,12,15-31,33-34H2,3H3/b11-6-/t38-,39+,40+,42-,43+/m0/s1. The maximum Gasteiger partial charge on any atom is 0.313 e. The number of aryl methyl sites for hydroxylation is 2. The van der Waals surface area contributed by atoms with Crippen molar-refractivity contribution in [1.29, 1.82) is 0 Å². The van der Waals surface area contributed by atoms with Crippen molar-refractivity contribution in [2.75, 3.05) is 23.0 Å². The maximum absolute atomic E-state index is 13.7. The lowest BCUT2D eigenvalue weighted by Gasteiger charge is -2.33. The molecule has 3 N–H and O–H groups in total. The summed E-state index contributed by atoms with van der Waals surface area (Å²) in [5.41, 5.74) is -0.593. The smallest absolute Gasteiger partial charge is 0.313 e. The number of unbranched alkanes of at least 4 members (excludes halogenated alkanes) is 1. The van der Waals surface area contributed by atoms with E-state index >= 15 is 0 Å². The molecule has 3 fully saturated rings. The average molecular weight is 938 g/mol. The third-order valence-electron chi connectivity index (χ3n) is 13.4. The van der Waals surface area contributed by atoms with Gasteiger partial charge in [-0.3, -0.25) is 19.4 Å². The van der Waals surface area contributed by atoms with E-state index < -0.39 is 79.9 Å². The number of hydrogen-bond acceptors (Lipinski definition) is 14. The van der Waals surface area contributed by atoms with Crippen LogP contribution in [0.3, 0.4) is 0 Å². The molecule has 2 aliphatic heterocycles. The van der Waals surface area contributed by atoms with Crippen LogP contribution in [-0.2, 0) is 63.2 Å². The number of rotatable bonds is 21. The normalized spacial score (nSPS) is 23.4. The average Bonchev–Trinajstić information content (AvgIpc) is 3.55. The Balaban J connectivity index is 1.22. The van der Waals surface area contributed by atoms with Gasteiger partial charge in [-0.15, -0.1) is 24.7 Å². The second kappa shape index (κ2) is 23.2. The van der Waals surface area contributed by atoms with E-state index in [9.17, 15) is 46.5 Å². The predicted molar refractivity (Wildman–Crippen MR) is 243 cm³/mol. The minimum Gasteiger partial charge on any atom is -0.460 e. The molecule has 1 aromatic heterocycles. The molecule has 1 saturated carbocycles. The van der Waals surface area contributed by atoms with Crippen LogP contribution in [-0.4, -0.2) is 96.4 Å². The molecule has 0 radical (unpaired) electrons. The van der Waals surface area contributed by atoms with Crippen molar-refractivity contribution in [3.8, 4) is 30.4 Å². The molecule has 354 valence electrons. The van der Waals surface area contributed by atoms with E-state index in [-0.39, 0.29) is 109 Å². The number of ether oxygens (including phenoxy) is 3. The van der Waals surface area contributed by atoms with Crippen molar-refractivity contribution >= 4 is 37.6 Å². The molecule has 1 aromatic carbocycles. The SMILES string of the molecule is C#CCC1(C(=O)OCc2cnc(C)c(OC(=O)CCC/C=C\C[C@@H]3[C@@H](CC[C@@H](O)CCc4ccccc4)[C@H](O)C[C@@H]3O)c2COC(=O)C2(CC#C)CCS(=O)(=O)CC2)CCS(=O)(=O)CC1. The first-order valence-electron chi connectivity index (χ1n) is 22.5. The van der Waals surface area contributed by atoms with Crippen molar-refractivity contribution in [2.24, 2.45) is 22.7 Å². The Morgan fingerprint density at radius 1 is 0.846 bits per heavy atom. The number of sulfone groups is 2. The number of aliphatic hydroxyl groups excluding tert-OH is 3. The summed E-state index contributed by atoms with van der Waals surface area (Å²) >= 11 is 0. The Bertz CT molecular complexity index is 2290. The topological polar surface area (TPSA) is 221 Å². The van der Waals surface area contributed by atoms with E-state index in [1.807, 2.05) is 42.5 Å². The molecule has 3 heterocycles. The van der Waals surface area contributed by atoms with Crippen LogP contribution in [0.1, 0.15) is 112 Å². The fraction of sp³-hybridized carbons (Fsp3) is 0.592. The number of esters is 3. The van der Waals surface area contributed by atoms with Gasteiger partial charge in [-0.2, -0.15) is 0 Å². The molecule has 0 spiro atoms. The summed E-state index contributed by atoms with van der Waals surface area (Å²) in [5, 5.41) is 32.1. The Hall–Kier alpha value is -4.58. The number of benzene rings is 1. The largest absolute Gasteiger partial charge is 0.460 e. The summed E-state index contributed by atoms with van der Waals surface area (Å²) in [5.74, 6) is 1.70. The minimum atomic E-state index is -3.35. The van der Waals surface area contributed by atoms with Crippen molar-refractivity contribution < 1.29 is 60.7 Å². The Kier molecular flexibility index (Phi) is 18.4. The van der Waals surface area contributed by atoms with Gasteiger partial charge in [0.05, 0.1) is 57.8 Å². The van der Waals surface area contributed by atoms with Gasteiger partial charge in [-0.25, -0.2) is 16.8 Å². The van der Waals surface area contributed by atoms with Gasteiger partial charge in [0.25, 0.3) is 0 Å². The summed E-state index contributed by atoms with van der Waals surface area (Å²) in [4.78, 5) is 45.1. The first-order chi connectivity index (χ1) is 30.9. The first kappa shape index (κ1) is 51.4. The summed E-state index contributed by atoms with van der Waals surface area (Å²) < 4.78 is 66.3. The number of aromatic nitrogens is 1. The second-order valence-electron chi connectivity index (χ2n) is 18.0. The van der Waals surface area contributed by atoms with Crippen LogP contribution in [0.5, 0.6) is 5.75 Å². The van der Waals surface area contributed by atoms with Gasteiger partial charge >= 0.3 is 17.9 Å². The molecule has 16 heteroatoms.